The number of aromatic nitrogens is 3. The van der Waals surface area contributed by atoms with Crippen molar-refractivity contribution in [3.63, 3.8) is 0 Å². The molecule has 14 heavy (non-hydrogen) atoms. The summed E-state index contributed by atoms with van der Waals surface area (Å²) in [7, 11) is 0. The van der Waals surface area contributed by atoms with E-state index in [0.717, 1.165) is 24.2 Å². The molecule has 1 N–H and O–H groups in total. The van der Waals surface area contributed by atoms with Crippen molar-refractivity contribution in [2.24, 2.45) is 0 Å². The van der Waals surface area contributed by atoms with Crippen LogP contribution in [0.1, 0.15) is 13.3 Å². The van der Waals surface area contributed by atoms with Crippen LogP contribution in [0.4, 0.5) is 0 Å². The van der Waals surface area contributed by atoms with Gasteiger partial charge in [-0.05, 0) is 6.42 Å². The zero-order valence-electron chi connectivity index (χ0n) is 8.27. The summed E-state index contributed by atoms with van der Waals surface area (Å²) in [6, 6.07) is 10.2. The standard InChI is InChI=1S/C11H13N3/c1-2-8-14-9-11(12-13-14)10-6-4-3-5-7-10/h3-7,9H,2,8H2,1H3/p+1. The average Bonchev–Trinajstić information content (AvgIpc) is 2.68. The largest absolute Gasteiger partial charge is 0.248 e. The van der Waals surface area contributed by atoms with Crippen molar-refractivity contribution in [2.75, 3.05) is 0 Å². The summed E-state index contributed by atoms with van der Waals surface area (Å²) in [6.07, 6.45) is 3.15. The van der Waals surface area contributed by atoms with Crippen LogP contribution >= 0.6 is 0 Å². The average molecular weight is 188 g/mol. The van der Waals surface area contributed by atoms with E-state index in [9.17, 15) is 0 Å². The third-order valence-corrected chi connectivity index (χ3v) is 2.11. The predicted octanol–water partition coefficient (Wildman–Crippen LogP) is 1.77. The smallest absolute Gasteiger partial charge is 0.162 e. The highest BCUT2D eigenvalue weighted by Gasteiger charge is 2.09. The van der Waals surface area contributed by atoms with Crippen molar-refractivity contribution in [1.82, 2.24) is 10.3 Å². The summed E-state index contributed by atoms with van der Waals surface area (Å²) in [5.74, 6) is 0. The minimum Gasteiger partial charge on any atom is -0.162 e. The van der Waals surface area contributed by atoms with Crippen LogP contribution in [0.5, 0.6) is 0 Å². The molecule has 0 bridgehead atoms. The second kappa shape index (κ2) is 4.05. The highest BCUT2D eigenvalue weighted by molar-refractivity contribution is 5.56. The number of nitrogens with one attached hydrogen (secondary N) is 1. The Bertz CT molecular complexity index is 392. The van der Waals surface area contributed by atoms with Crippen LogP contribution < -0.4 is 4.68 Å². The van der Waals surface area contributed by atoms with Gasteiger partial charge >= 0.3 is 0 Å². The van der Waals surface area contributed by atoms with Crippen LogP contribution in [0.3, 0.4) is 0 Å². The Labute approximate surface area is 83.4 Å². The lowest BCUT2D eigenvalue weighted by atomic mass is 10.2. The molecule has 1 aromatic heterocycles. The van der Waals surface area contributed by atoms with Crippen LogP contribution in [0.25, 0.3) is 11.3 Å². The SMILES string of the molecule is CCC[n+]1cc(-c2ccccc2)n[nH]1. The van der Waals surface area contributed by atoms with Crippen molar-refractivity contribution in [2.45, 2.75) is 19.9 Å². The molecule has 0 spiro atoms. The predicted molar refractivity (Wildman–Crippen MR) is 54.5 cm³/mol. The first-order valence-electron chi connectivity index (χ1n) is 4.90. The molecular formula is C11H14N3+. The van der Waals surface area contributed by atoms with Gasteiger partial charge < -0.3 is 0 Å². The monoisotopic (exact) mass is 188 g/mol. The molecule has 0 amide bonds. The fourth-order valence-corrected chi connectivity index (χ4v) is 1.43. The number of hydrogen-bond acceptors (Lipinski definition) is 1. The lowest BCUT2D eigenvalue weighted by molar-refractivity contribution is -0.753. The van der Waals surface area contributed by atoms with Crippen molar-refractivity contribution < 1.29 is 4.68 Å². The highest BCUT2D eigenvalue weighted by Crippen LogP contribution is 2.12. The van der Waals surface area contributed by atoms with Crippen molar-refractivity contribution in [3.05, 3.63) is 36.5 Å². The molecule has 1 aromatic carbocycles. The van der Waals surface area contributed by atoms with Crippen LogP contribution in [-0.4, -0.2) is 10.3 Å². The van der Waals surface area contributed by atoms with Gasteiger partial charge in [-0.15, -0.1) is 0 Å². The molecule has 0 radical (unpaired) electrons. The molecule has 3 heteroatoms. The summed E-state index contributed by atoms with van der Waals surface area (Å²) >= 11 is 0. The number of nitrogens with zero attached hydrogens (tertiary/aromatic N) is 2. The minimum absolute atomic E-state index is 0.986. The van der Waals surface area contributed by atoms with Gasteiger partial charge in [0.2, 0.25) is 5.69 Å². The van der Waals surface area contributed by atoms with E-state index in [2.05, 4.69) is 29.4 Å². The first-order chi connectivity index (χ1) is 6.90. The Morgan fingerprint density at radius 2 is 2.07 bits per heavy atom. The number of aryl methyl sites for hydroxylation is 1. The fourth-order valence-electron chi connectivity index (χ4n) is 1.43. The second-order valence-electron chi connectivity index (χ2n) is 3.29. The third-order valence-electron chi connectivity index (χ3n) is 2.11. The number of benzene rings is 1. The van der Waals surface area contributed by atoms with E-state index in [1.54, 1.807) is 0 Å². The molecule has 3 nitrogen and oxygen atoms in total. The molecule has 0 aliphatic carbocycles. The number of rotatable bonds is 3. The Kier molecular flexibility index (Phi) is 2.58. The number of H-pyrrole nitrogens is 1. The molecule has 0 aliphatic heterocycles. The molecular weight excluding hydrogens is 174 g/mol. The first-order valence-corrected chi connectivity index (χ1v) is 4.90. The van der Waals surface area contributed by atoms with Gasteiger partial charge in [0.1, 0.15) is 6.54 Å². The lowest BCUT2D eigenvalue weighted by Crippen LogP contribution is -2.34. The molecule has 2 rings (SSSR count). The van der Waals surface area contributed by atoms with Crippen molar-refractivity contribution in [1.29, 1.82) is 0 Å². The second-order valence-corrected chi connectivity index (χ2v) is 3.29. The zero-order valence-corrected chi connectivity index (χ0v) is 8.27. The van der Waals surface area contributed by atoms with Gasteiger partial charge in [-0.1, -0.05) is 42.5 Å². The number of hydrogen-bond donors (Lipinski definition) is 1. The molecule has 0 fully saturated rings. The third kappa shape index (κ3) is 1.82. The van der Waals surface area contributed by atoms with Gasteiger partial charge in [0.15, 0.2) is 6.20 Å². The van der Waals surface area contributed by atoms with E-state index >= 15 is 0 Å². The molecule has 2 aromatic rings. The van der Waals surface area contributed by atoms with Gasteiger partial charge in [-0.25, -0.2) is 0 Å². The highest BCUT2D eigenvalue weighted by atomic mass is 15.4. The maximum atomic E-state index is 4.24. The summed E-state index contributed by atoms with van der Waals surface area (Å²) in [6.45, 7) is 3.13. The Morgan fingerprint density at radius 3 is 2.79 bits per heavy atom. The van der Waals surface area contributed by atoms with Crippen LogP contribution in [-0.2, 0) is 6.54 Å². The first kappa shape index (κ1) is 8.94. The van der Waals surface area contributed by atoms with Crippen LogP contribution in [0, 0.1) is 0 Å². The number of aromatic amines is 1. The summed E-state index contributed by atoms with van der Waals surface area (Å²) in [4.78, 5) is 0. The van der Waals surface area contributed by atoms with E-state index in [-0.39, 0.29) is 0 Å². The van der Waals surface area contributed by atoms with Gasteiger partial charge in [0.05, 0.1) is 0 Å². The van der Waals surface area contributed by atoms with Gasteiger partial charge in [0.25, 0.3) is 0 Å². The van der Waals surface area contributed by atoms with Gasteiger partial charge in [-0.3, -0.25) is 0 Å². The zero-order chi connectivity index (χ0) is 9.80. The van der Waals surface area contributed by atoms with E-state index in [1.807, 2.05) is 29.1 Å². The Hall–Kier alpha value is -1.64. The summed E-state index contributed by atoms with van der Waals surface area (Å²) in [5, 5.41) is 7.21. The molecule has 72 valence electrons. The lowest BCUT2D eigenvalue weighted by Gasteiger charge is -1.88. The fraction of sp³-hybridized carbons (Fsp3) is 0.273. The van der Waals surface area contributed by atoms with Crippen molar-refractivity contribution >= 4 is 0 Å². The van der Waals surface area contributed by atoms with E-state index in [4.69, 9.17) is 0 Å². The maximum Gasteiger partial charge on any atom is 0.248 e. The Balaban J connectivity index is 2.25. The van der Waals surface area contributed by atoms with Gasteiger partial charge in [0, 0.05) is 10.7 Å². The molecule has 0 saturated heterocycles. The summed E-state index contributed by atoms with van der Waals surface area (Å²) in [5.41, 5.74) is 2.15. The normalized spacial score (nSPS) is 10.4. The molecule has 0 aliphatic rings. The topological polar surface area (TPSA) is 32.6 Å². The molecule has 0 unspecified atom stereocenters. The van der Waals surface area contributed by atoms with Crippen LogP contribution in [0.2, 0.25) is 0 Å². The van der Waals surface area contributed by atoms with Crippen molar-refractivity contribution in [3.8, 4) is 11.3 Å². The molecule has 1 heterocycles. The Morgan fingerprint density at radius 1 is 1.29 bits per heavy atom. The molecule has 0 saturated carbocycles. The van der Waals surface area contributed by atoms with E-state index < -0.39 is 0 Å². The summed E-state index contributed by atoms with van der Waals surface area (Å²) < 4.78 is 2.00. The quantitative estimate of drug-likeness (QED) is 0.731. The minimum atomic E-state index is 0.986. The molecule has 0 atom stereocenters. The van der Waals surface area contributed by atoms with Crippen LogP contribution in [0.15, 0.2) is 36.5 Å². The van der Waals surface area contributed by atoms with Gasteiger partial charge in [-0.2, -0.15) is 4.68 Å². The van der Waals surface area contributed by atoms with E-state index in [1.165, 1.54) is 0 Å². The maximum absolute atomic E-state index is 4.24. The van der Waals surface area contributed by atoms with E-state index in [0.29, 0.717) is 0 Å².